The Bertz CT molecular complexity index is 502. The number of hydrogen-bond acceptors (Lipinski definition) is 5. The van der Waals surface area contributed by atoms with E-state index in [0.29, 0.717) is 0 Å². The molecular weight excluding hydrogens is 286 g/mol. The summed E-state index contributed by atoms with van der Waals surface area (Å²) in [5.74, 6) is 0. The van der Waals surface area contributed by atoms with Crippen LogP contribution in [0, 0.1) is 0 Å². The van der Waals surface area contributed by atoms with Crippen LogP contribution in [0.4, 0.5) is 0 Å². The summed E-state index contributed by atoms with van der Waals surface area (Å²) in [5.41, 5.74) is 7.23. The van der Waals surface area contributed by atoms with E-state index in [1.165, 1.54) is 17.1 Å². The molecule has 1 heterocycles. The van der Waals surface area contributed by atoms with Gasteiger partial charge in [-0.05, 0) is 42.1 Å². The first-order valence-electron chi connectivity index (χ1n) is 5.67. The van der Waals surface area contributed by atoms with E-state index in [9.17, 15) is 0 Å². The third-order valence-corrected chi connectivity index (χ3v) is 4.62. The summed E-state index contributed by atoms with van der Waals surface area (Å²) < 4.78 is 4.92. The molecule has 6 heteroatoms. The van der Waals surface area contributed by atoms with Gasteiger partial charge in [0.2, 0.25) is 0 Å². The molecule has 3 nitrogen and oxygen atoms in total. The van der Waals surface area contributed by atoms with Crippen molar-refractivity contribution in [2.75, 3.05) is 0 Å². The highest BCUT2D eigenvalue weighted by atomic mass is 35.5. The van der Waals surface area contributed by atoms with Crippen molar-refractivity contribution >= 4 is 34.9 Å². The summed E-state index contributed by atoms with van der Waals surface area (Å²) in [6.45, 7) is 2.10. The van der Waals surface area contributed by atoms with Crippen LogP contribution in [-0.4, -0.2) is 15.4 Å². The van der Waals surface area contributed by atoms with Gasteiger partial charge in [-0.3, -0.25) is 0 Å². The number of nitrogens with two attached hydrogens (primary N) is 1. The summed E-state index contributed by atoms with van der Waals surface area (Å²) in [5, 5.41) is 0.732. The third kappa shape index (κ3) is 3.68. The number of benzene rings is 1. The van der Waals surface area contributed by atoms with Crippen LogP contribution in [-0.2, 0) is 6.42 Å². The van der Waals surface area contributed by atoms with Crippen LogP contribution in [0.1, 0.15) is 18.9 Å². The van der Waals surface area contributed by atoms with Gasteiger partial charge in [-0.15, -0.1) is 0 Å². The Hall–Kier alpha value is -0.620. The van der Waals surface area contributed by atoms with Crippen LogP contribution in [0.3, 0.4) is 0 Å². The Morgan fingerprint density at radius 1 is 1.50 bits per heavy atom. The number of aromatic nitrogens is 2. The third-order valence-electron chi connectivity index (χ3n) is 2.57. The zero-order valence-electron chi connectivity index (χ0n) is 9.97. The number of nitrogens with zero attached hydrogens (tertiary/aromatic N) is 2. The van der Waals surface area contributed by atoms with E-state index in [2.05, 4.69) is 16.3 Å². The highest BCUT2D eigenvalue weighted by molar-refractivity contribution is 8.01. The van der Waals surface area contributed by atoms with Gasteiger partial charge in [0.1, 0.15) is 6.33 Å². The van der Waals surface area contributed by atoms with Gasteiger partial charge in [-0.2, -0.15) is 4.37 Å². The molecule has 96 valence electrons. The van der Waals surface area contributed by atoms with Crippen LogP contribution in [0.15, 0.2) is 33.8 Å². The van der Waals surface area contributed by atoms with Gasteiger partial charge < -0.3 is 5.73 Å². The normalized spacial score (nSPS) is 12.6. The zero-order chi connectivity index (χ0) is 13.0. The second kappa shape index (κ2) is 6.52. The lowest BCUT2D eigenvalue weighted by Crippen LogP contribution is -2.21. The maximum absolute atomic E-state index is 6.05. The average molecular weight is 300 g/mol. The van der Waals surface area contributed by atoms with Gasteiger partial charge in [0, 0.05) is 16.0 Å². The van der Waals surface area contributed by atoms with E-state index in [0.717, 1.165) is 27.1 Å². The number of hydrogen-bond donors (Lipinski definition) is 1. The lowest BCUT2D eigenvalue weighted by molar-refractivity contribution is 0.641. The van der Waals surface area contributed by atoms with Gasteiger partial charge in [0.05, 0.1) is 0 Å². The second-order valence-electron chi connectivity index (χ2n) is 3.93. The summed E-state index contributed by atoms with van der Waals surface area (Å²) >= 11 is 9.03. The molecule has 1 aromatic carbocycles. The summed E-state index contributed by atoms with van der Waals surface area (Å²) in [6, 6.07) is 6.09. The molecule has 0 radical (unpaired) electrons. The maximum Gasteiger partial charge on any atom is 0.174 e. The first-order valence-corrected chi connectivity index (χ1v) is 7.64. The average Bonchev–Trinajstić information content (AvgIpc) is 2.85. The molecule has 0 fully saturated rings. The van der Waals surface area contributed by atoms with Gasteiger partial charge in [0.25, 0.3) is 0 Å². The first kappa shape index (κ1) is 13.8. The van der Waals surface area contributed by atoms with E-state index < -0.39 is 0 Å². The fraction of sp³-hybridized carbons (Fsp3) is 0.333. The molecule has 0 amide bonds. The van der Waals surface area contributed by atoms with Crippen LogP contribution in [0.5, 0.6) is 0 Å². The molecule has 1 unspecified atom stereocenters. The Morgan fingerprint density at radius 3 is 3.00 bits per heavy atom. The van der Waals surface area contributed by atoms with Crippen molar-refractivity contribution in [3.63, 3.8) is 0 Å². The van der Waals surface area contributed by atoms with Crippen molar-refractivity contribution in [2.45, 2.75) is 35.0 Å². The summed E-state index contributed by atoms with van der Waals surface area (Å²) in [7, 11) is 0. The van der Waals surface area contributed by atoms with E-state index in [1.54, 1.807) is 18.1 Å². The molecule has 2 rings (SSSR count). The Balaban J connectivity index is 2.23. The fourth-order valence-corrected chi connectivity index (χ4v) is 3.34. The molecule has 1 atom stereocenters. The molecule has 0 bridgehead atoms. The maximum atomic E-state index is 6.05. The second-order valence-corrected chi connectivity index (χ2v) is 6.44. The molecule has 0 saturated carbocycles. The molecule has 18 heavy (non-hydrogen) atoms. The van der Waals surface area contributed by atoms with Crippen molar-refractivity contribution in [2.24, 2.45) is 5.73 Å². The number of halogens is 1. The quantitative estimate of drug-likeness (QED) is 0.916. The van der Waals surface area contributed by atoms with E-state index in [1.807, 2.05) is 18.2 Å². The van der Waals surface area contributed by atoms with Crippen LogP contribution in [0.2, 0.25) is 5.02 Å². The smallest absolute Gasteiger partial charge is 0.174 e. The van der Waals surface area contributed by atoms with Crippen LogP contribution < -0.4 is 5.73 Å². The Labute approximate surface area is 120 Å². The molecule has 0 spiro atoms. The lowest BCUT2D eigenvalue weighted by atomic mass is 10.1. The van der Waals surface area contributed by atoms with Crippen molar-refractivity contribution in [3.8, 4) is 0 Å². The molecular formula is C12H14ClN3S2. The monoisotopic (exact) mass is 299 g/mol. The minimum absolute atomic E-state index is 0.181. The van der Waals surface area contributed by atoms with Gasteiger partial charge >= 0.3 is 0 Å². The molecule has 1 aromatic heterocycles. The van der Waals surface area contributed by atoms with E-state index >= 15 is 0 Å². The van der Waals surface area contributed by atoms with Crippen LogP contribution >= 0.6 is 34.9 Å². The molecule has 2 N–H and O–H groups in total. The SMILES string of the molecule is CCC(N)Cc1ccc(Cl)cc1Sc1ncns1. The van der Waals surface area contributed by atoms with Gasteiger partial charge in [0.15, 0.2) is 4.34 Å². The highest BCUT2D eigenvalue weighted by Gasteiger charge is 2.10. The van der Waals surface area contributed by atoms with E-state index in [-0.39, 0.29) is 6.04 Å². The van der Waals surface area contributed by atoms with Crippen LogP contribution in [0.25, 0.3) is 0 Å². The first-order chi connectivity index (χ1) is 8.69. The predicted molar refractivity (Wildman–Crippen MR) is 77.5 cm³/mol. The molecule has 0 aliphatic carbocycles. The van der Waals surface area contributed by atoms with Crippen molar-refractivity contribution in [1.82, 2.24) is 9.36 Å². The standard InChI is InChI=1S/C12H14ClN3S2/c1-2-10(14)5-8-3-4-9(13)6-11(8)17-12-15-7-16-18-12/h3-4,6-7,10H,2,5,14H2,1H3. The van der Waals surface area contributed by atoms with Crippen molar-refractivity contribution in [3.05, 3.63) is 35.1 Å². The minimum atomic E-state index is 0.181. The van der Waals surface area contributed by atoms with E-state index in [4.69, 9.17) is 17.3 Å². The zero-order valence-corrected chi connectivity index (χ0v) is 12.4. The van der Waals surface area contributed by atoms with Gasteiger partial charge in [-0.1, -0.05) is 36.4 Å². The molecule has 0 aliphatic rings. The summed E-state index contributed by atoms with van der Waals surface area (Å²) in [6.07, 6.45) is 3.38. The lowest BCUT2D eigenvalue weighted by Gasteiger charge is -2.12. The Kier molecular flexibility index (Phi) is 5.00. The predicted octanol–water partition coefficient (Wildman–Crippen LogP) is 3.62. The van der Waals surface area contributed by atoms with Crippen molar-refractivity contribution < 1.29 is 0 Å². The highest BCUT2D eigenvalue weighted by Crippen LogP contribution is 2.33. The molecule has 0 saturated heterocycles. The topological polar surface area (TPSA) is 51.8 Å². The summed E-state index contributed by atoms with van der Waals surface area (Å²) in [4.78, 5) is 5.29. The Morgan fingerprint density at radius 2 is 2.33 bits per heavy atom. The van der Waals surface area contributed by atoms with Crippen molar-refractivity contribution in [1.29, 1.82) is 0 Å². The molecule has 0 aliphatic heterocycles. The fourth-order valence-electron chi connectivity index (χ4n) is 1.52. The van der Waals surface area contributed by atoms with Gasteiger partial charge in [-0.25, -0.2) is 4.98 Å². The number of rotatable bonds is 5. The minimum Gasteiger partial charge on any atom is -0.327 e. The largest absolute Gasteiger partial charge is 0.327 e. The molecule has 2 aromatic rings.